The van der Waals surface area contributed by atoms with E-state index in [1.165, 1.54) is 7.05 Å². The molecule has 58 valence electrons. The van der Waals surface area contributed by atoms with E-state index in [4.69, 9.17) is 10.9 Å². The first-order chi connectivity index (χ1) is 4.57. The molecule has 7 heteroatoms. The molecule has 0 atom stereocenters. The summed E-state index contributed by atoms with van der Waals surface area (Å²) in [5, 5.41) is 20.5. The minimum atomic E-state index is -0.655. The van der Waals surface area contributed by atoms with E-state index in [0.717, 1.165) is 0 Å². The Bertz CT molecular complexity index is 156. The molecule has 7 nitrogen and oxygen atoms in total. The maximum absolute atomic E-state index is 9.89. The van der Waals surface area contributed by atoms with Crippen LogP contribution in [0.2, 0.25) is 0 Å². The summed E-state index contributed by atoms with van der Waals surface area (Å²) in [5.41, 5.74) is 4.97. The Labute approximate surface area is 56.8 Å². The first-order valence-corrected chi connectivity index (χ1v) is 2.39. The quantitative estimate of drug-likeness (QED) is 0.173. The molecule has 0 bridgehead atoms. The van der Waals surface area contributed by atoms with Crippen molar-refractivity contribution in [1.29, 1.82) is 0 Å². The van der Waals surface area contributed by atoms with Gasteiger partial charge < -0.3 is 10.9 Å². The Hall–Kier alpha value is -1.53. The van der Waals surface area contributed by atoms with E-state index >= 15 is 0 Å². The molecular formula is C3H8N4O3. The van der Waals surface area contributed by atoms with Crippen LogP contribution in [0.5, 0.6) is 0 Å². The second-order valence-electron chi connectivity index (χ2n) is 1.64. The van der Waals surface area contributed by atoms with E-state index in [0.29, 0.717) is 5.01 Å². The summed E-state index contributed by atoms with van der Waals surface area (Å²) in [7, 11) is 1.22. The summed E-state index contributed by atoms with van der Waals surface area (Å²) in [5.74, 6) is -0.195. The van der Waals surface area contributed by atoms with Gasteiger partial charge >= 0.3 is 0 Å². The fraction of sp³-hybridized carbons (Fsp3) is 0.667. The number of nitrogens with two attached hydrogens (primary N) is 1. The summed E-state index contributed by atoms with van der Waals surface area (Å²) in [6.45, 7) is -0.191. The third-order valence-electron chi connectivity index (χ3n) is 0.798. The van der Waals surface area contributed by atoms with Gasteiger partial charge in [-0.3, -0.25) is 0 Å². The van der Waals surface area contributed by atoms with Crippen LogP contribution < -0.4 is 5.73 Å². The van der Waals surface area contributed by atoms with Crippen LogP contribution in [0.15, 0.2) is 5.16 Å². The van der Waals surface area contributed by atoms with Crippen molar-refractivity contribution in [2.24, 2.45) is 10.9 Å². The van der Waals surface area contributed by atoms with Gasteiger partial charge in [-0.25, -0.2) is 10.1 Å². The average molecular weight is 148 g/mol. The van der Waals surface area contributed by atoms with Gasteiger partial charge in [-0.05, 0) is 0 Å². The molecule has 0 spiro atoms. The maximum atomic E-state index is 9.89. The van der Waals surface area contributed by atoms with Crippen LogP contribution in [-0.2, 0) is 0 Å². The lowest BCUT2D eigenvalue weighted by Gasteiger charge is -2.05. The average Bonchev–Trinajstić information content (AvgIpc) is 1.87. The molecule has 0 aliphatic heterocycles. The van der Waals surface area contributed by atoms with E-state index in [1.807, 2.05) is 0 Å². The van der Waals surface area contributed by atoms with Crippen LogP contribution in [0.4, 0.5) is 0 Å². The van der Waals surface area contributed by atoms with Gasteiger partial charge in [0.05, 0.1) is 7.05 Å². The predicted molar refractivity (Wildman–Crippen MR) is 33.0 cm³/mol. The molecule has 0 unspecified atom stereocenters. The van der Waals surface area contributed by atoms with Crippen LogP contribution in [-0.4, -0.2) is 34.7 Å². The number of hydrogen-bond donors (Lipinski definition) is 2. The van der Waals surface area contributed by atoms with E-state index in [-0.39, 0.29) is 12.4 Å². The summed E-state index contributed by atoms with van der Waals surface area (Å²) in [4.78, 5) is 9.89. The number of hydrogen-bond acceptors (Lipinski definition) is 4. The van der Waals surface area contributed by atoms with Crippen molar-refractivity contribution in [1.82, 2.24) is 5.01 Å². The summed E-state index contributed by atoms with van der Waals surface area (Å²) in [6, 6.07) is 0. The van der Waals surface area contributed by atoms with Crippen LogP contribution in [0.25, 0.3) is 0 Å². The minimum absolute atomic E-state index is 0.191. The highest BCUT2D eigenvalue weighted by molar-refractivity contribution is 5.81. The molecule has 3 N–H and O–H groups in total. The Kier molecular flexibility index (Phi) is 2.95. The van der Waals surface area contributed by atoms with E-state index in [9.17, 15) is 10.1 Å². The van der Waals surface area contributed by atoms with Gasteiger partial charge in [0.2, 0.25) is 0 Å². The normalized spacial score (nSPS) is 11.1. The van der Waals surface area contributed by atoms with Gasteiger partial charge in [0.1, 0.15) is 6.54 Å². The highest BCUT2D eigenvalue weighted by Crippen LogP contribution is 1.80. The highest BCUT2D eigenvalue weighted by Gasteiger charge is 2.08. The molecule has 0 fully saturated rings. The molecule has 0 saturated carbocycles. The van der Waals surface area contributed by atoms with Gasteiger partial charge in [-0.2, -0.15) is 0 Å². The summed E-state index contributed by atoms with van der Waals surface area (Å²) in [6.07, 6.45) is 0. The molecule has 0 aromatic heterocycles. The minimum Gasteiger partial charge on any atom is -0.409 e. The summed E-state index contributed by atoms with van der Waals surface area (Å²) >= 11 is 0. The Balaban J connectivity index is 3.80. The Morgan fingerprint density at radius 2 is 2.50 bits per heavy atom. The lowest BCUT2D eigenvalue weighted by atomic mass is 10.6. The topological polar surface area (TPSA) is 105 Å². The van der Waals surface area contributed by atoms with Gasteiger partial charge in [0.15, 0.2) is 10.9 Å². The number of likely N-dealkylation sites (N-methyl/N-ethyl adjacent to an activating group) is 1. The number of rotatable bonds is 3. The molecule has 0 aliphatic rings. The first-order valence-electron chi connectivity index (χ1n) is 2.39. The van der Waals surface area contributed by atoms with Crippen molar-refractivity contribution < 1.29 is 10.2 Å². The van der Waals surface area contributed by atoms with E-state index < -0.39 is 5.03 Å². The van der Waals surface area contributed by atoms with Crippen molar-refractivity contribution >= 4 is 5.84 Å². The smallest absolute Gasteiger partial charge is 0.164 e. The molecule has 0 heterocycles. The molecule has 0 aromatic rings. The molecule has 0 amide bonds. The SMILES string of the molecule is CN(C/C(N)=N/O)[N+](=O)[O-]. The van der Waals surface area contributed by atoms with Crippen molar-refractivity contribution in [2.45, 2.75) is 0 Å². The van der Waals surface area contributed by atoms with E-state index in [2.05, 4.69) is 5.16 Å². The number of oxime groups is 1. The lowest BCUT2D eigenvalue weighted by Crippen LogP contribution is -2.34. The third kappa shape index (κ3) is 2.70. The Morgan fingerprint density at radius 1 is 2.00 bits per heavy atom. The molecule has 0 aliphatic carbocycles. The number of amidine groups is 1. The molecular weight excluding hydrogens is 140 g/mol. The summed E-state index contributed by atoms with van der Waals surface area (Å²) < 4.78 is 0. The second kappa shape index (κ2) is 3.49. The van der Waals surface area contributed by atoms with Gasteiger partial charge in [0, 0.05) is 0 Å². The Morgan fingerprint density at radius 3 is 2.80 bits per heavy atom. The van der Waals surface area contributed by atoms with Gasteiger partial charge in [-0.1, -0.05) is 5.16 Å². The zero-order valence-electron chi connectivity index (χ0n) is 5.39. The zero-order valence-corrected chi connectivity index (χ0v) is 5.39. The number of nitrogens with zero attached hydrogens (tertiary/aromatic N) is 3. The molecule has 0 rings (SSSR count). The molecule has 0 saturated heterocycles. The largest absolute Gasteiger partial charge is 0.409 e. The fourth-order valence-electron chi connectivity index (χ4n) is 0.324. The van der Waals surface area contributed by atoms with Crippen molar-refractivity contribution in [2.75, 3.05) is 13.6 Å². The molecule has 10 heavy (non-hydrogen) atoms. The van der Waals surface area contributed by atoms with Crippen molar-refractivity contribution in [3.05, 3.63) is 10.1 Å². The van der Waals surface area contributed by atoms with Crippen LogP contribution >= 0.6 is 0 Å². The van der Waals surface area contributed by atoms with Crippen LogP contribution in [0.3, 0.4) is 0 Å². The van der Waals surface area contributed by atoms with Crippen molar-refractivity contribution in [3.63, 3.8) is 0 Å². The van der Waals surface area contributed by atoms with E-state index in [1.54, 1.807) is 0 Å². The van der Waals surface area contributed by atoms with Gasteiger partial charge in [0.25, 0.3) is 0 Å². The molecule has 0 radical (unpaired) electrons. The lowest BCUT2D eigenvalue weighted by molar-refractivity contribution is -0.645. The number of hydrazine groups is 1. The first kappa shape index (κ1) is 8.47. The van der Waals surface area contributed by atoms with Crippen LogP contribution in [0, 0.1) is 10.1 Å². The zero-order chi connectivity index (χ0) is 8.15. The standard InChI is InChI=1S/C3H8N4O3/c1-6(7(9)10)2-3(4)5-8/h8H,2H2,1H3,(H2,4,5). The van der Waals surface area contributed by atoms with Gasteiger partial charge in [-0.15, -0.1) is 5.01 Å². The van der Waals surface area contributed by atoms with Crippen molar-refractivity contribution in [3.8, 4) is 0 Å². The molecule has 0 aromatic carbocycles. The highest BCUT2D eigenvalue weighted by atomic mass is 16.7. The van der Waals surface area contributed by atoms with Crippen LogP contribution in [0.1, 0.15) is 0 Å². The monoisotopic (exact) mass is 148 g/mol. The fourth-order valence-corrected chi connectivity index (χ4v) is 0.324. The second-order valence-corrected chi connectivity index (χ2v) is 1.64. The predicted octanol–water partition coefficient (Wildman–Crippen LogP) is -1.14. The number of nitro groups is 1. The maximum Gasteiger partial charge on any atom is 0.164 e. The third-order valence-corrected chi connectivity index (χ3v) is 0.798.